The van der Waals surface area contributed by atoms with Gasteiger partial charge in [-0.3, -0.25) is 14.4 Å². The van der Waals surface area contributed by atoms with E-state index in [9.17, 15) is 14.4 Å². The molecule has 144 valence electrons. The predicted octanol–water partition coefficient (Wildman–Crippen LogP) is 2.45. The third-order valence-corrected chi connectivity index (χ3v) is 5.59. The van der Waals surface area contributed by atoms with E-state index in [1.807, 2.05) is 30.3 Å². The molecule has 2 aliphatic rings. The zero-order valence-corrected chi connectivity index (χ0v) is 15.6. The Hall–Kier alpha value is -3.15. The Morgan fingerprint density at radius 2 is 1.93 bits per heavy atom. The van der Waals surface area contributed by atoms with Gasteiger partial charge in [-0.05, 0) is 40.8 Å². The second kappa shape index (κ2) is 7.11. The van der Waals surface area contributed by atoms with Crippen LogP contribution in [0.25, 0.3) is 11.1 Å². The van der Waals surface area contributed by atoms with Crippen LogP contribution in [0.3, 0.4) is 0 Å². The molecule has 1 fully saturated rings. The molecule has 0 spiro atoms. The van der Waals surface area contributed by atoms with Crippen molar-refractivity contribution in [1.82, 2.24) is 5.32 Å². The number of benzene rings is 2. The molecule has 2 amide bonds. The van der Waals surface area contributed by atoms with Crippen LogP contribution in [0.4, 0.5) is 5.69 Å². The quantitative estimate of drug-likeness (QED) is 0.714. The van der Waals surface area contributed by atoms with E-state index in [0.717, 1.165) is 12.1 Å². The van der Waals surface area contributed by atoms with Crippen molar-refractivity contribution in [2.45, 2.75) is 19.8 Å². The van der Waals surface area contributed by atoms with E-state index in [2.05, 4.69) is 17.4 Å². The van der Waals surface area contributed by atoms with Gasteiger partial charge in [-0.25, -0.2) is 0 Å². The molecule has 1 heterocycles. The smallest absolute Gasteiger partial charge is 0.308 e. The molecule has 0 radical (unpaired) electrons. The van der Waals surface area contributed by atoms with Crippen molar-refractivity contribution in [1.29, 1.82) is 0 Å². The molecule has 2 atom stereocenters. The van der Waals surface area contributed by atoms with E-state index in [1.54, 1.807) is 4.90 Å². The first-order valence-electron chi connectivity index (χ1n) is 9.46. The monoisotopic (exact) mass is 378 g/mol. The highest BCUT2D eigenvalue weighted by Crippen LogP contribution is 2.39. The Bertz CT molecular complexity index is 969. The number of aliphatic carboxylic acids is 1. The zero-order valence-electron chi connectivity index (χ0n) is 15.6. The third-order valence-electron chi connectivity index (χ3n) is 5.59. The minimum atomic E-state index is -0.955. The Balaban J connectivity index is 1.46. The van der Waals surface area contributed by atoms with Crippen LogP contribution in [0.2, 0.25) is 0 Å². The summed E-state index contributed by atoms with van der Waals surface area (Å²) in [5, 5.41) is 11.6. The fourth-order valence-corrected chi connectivity index (χ4v) is 3.92. The van der Waals surface area contributed by atoms with Gasteiger partial charge in [0.05, 0.1) is 11.8 Å². The maximum absolute atomic E-state index is 12.5. The SMILES string of the molecule is CC(CNC(=O)C1CC(=O)N(c2ccc3c(c2)Cc2ccccc2-3)C1)C(=O)O. The van der Waals surface area contributed by atoms with Crippen LogP contribution in [0, 0.1) is 11.8 Å². The Morgan fingerprint density at radius 3 is 2.71 bits per heavy atom. The summed E-state index contributed by atoms with van der Waals surface area (Å²) in [7, 11) is 0. The van der Waals surface area contributed by atoms with Crippen molar-refractivity contribution < 1.29 is 19.5 Å². The molecule has 2 N–H and O–H groups in total. The number of rotatable bonds is 5. The van der Waals surface area contributed by atoms with E-state index in [1.165, 1.54) is 29.2 Å². The Morgan fingerprint density at radius 1 is 1.18 bits per heavy atom. The molecule has 4 rings (SSSR count). The van der Waals surface area contributed by atoms with Crippen LogP contribution < -0.4 is 10.2 Å². The van der Waals surface area contributed by atoms with Crippen LogP contribution in [-0.4, -0.2) is 36.0 Å². The molecule has 28 heavy (non-hydrogen) atoms. The molecule has 0 saturated carbocycles. The van der Waals surface area contributed by atoms with Gasteiger partial charge >= 0.3 is 5.97 Å². The number of anilines is 1. The minimum Gasteiger partial charge on any atom is -0.481 e. The number of nitrogens with zero attached hydrogens (tertiary/aromatic N) is 1. The van der Waals surface area contributed by atoms with E-state index in [-0.39, 0.29) is 24.8 Å². The highest BCUT2D eigenvalue weighted by atomic mass is 16.4. The summed E-state index contributed by atoms with van der Waals surface area (Å²) in [5.74, 6) is -2.42. The molecule has 0 aromatic heterocycles. The molecule has 6 heteroatoms. The van der Waals surface area contributed by atoms with Crippen LogP contribution in [-0.2, 0) is 20.8 Å². The van der Waals surface area contributed by atoms with Crippen molar-refractivity contribution in [3.8, 4) is 11.1 Å². The van der Waals surface area contributed by atoms with Gasteiger partial charge in [0, 0.05) is 25.2 Å². The summed E-state index contributed by atoms with van der Waals surface area (Å²) in [6, 6.07) is 14.3. The average molecular weight is 378 g/mol. The second-order valence-corrected chi connectivity index (χ2v) is 7.57. The lowest BCUT2D eigenvalue weighted by Crippen LogP contribution is -2.37. The molecule has 0 bridgehead atoms. The van der Waals surface area contributed by atoms with Gasteiger partial charge in [-0.1, -0.05) is 37.3 Å². The Kier molecular flexibility index (Phi) is 4.63. The first-order valence-corrected chi connectivity index (χ1v) is 9.46. The number of carbonyl (C=O) groups is 3. The fourth-order valence-electron chi connectivity index (χ4n) is 3.92. The van der Waals surface area contributed by atoms with Crippen LogP contribution >= 0.6 is 0 Å². The van der Waals surface area contributed by atoms with Gasteiger partial charge in [0.25, 0.3) is 0 Å². The Labute approximate surface area is 163 Å². The third kappa shape index (κ3) is 3.26. The fraction of sp³-hybridized carbons (Fsp3) is 0.318. The number of carbonyl (C=O) groups excluding carboxylic acids is 2. The number of hydrogen-bond acceptors (Lipinski definition) is 3. The summed E-state index contributed by atoms with van der Waals surface area (Å²) in [6.45, 7) is 1.92. The molecule has 1 aliphatic heterocycles. The second-order valence-electron chi connectivity index (χ2n) is 7.57. The van der Waals surface area contributed by atoms with Gasteiger partial charge in [0.2, 0.25) is 11.8 Å². The van der Waals surface area contributed by atoms with E-state index >= 15 is 0 Å². The standard InChI is InChI=1S/C22H22N2O4/c1-13(22(27)28)11-23-21(26)16-10-20(25)24(12-16)17-6-7-19-15(9-17)8-14-4-2-3-5-18(14)19/h2-7,9,13,16H,8,10-12H2,1H3,(H,23,26)(H,27,28). The largest absolute Gasteiger partial charge is 0.481 e. The molecular formula is C22H22N2O4. The number of amides is 2. The van der Waals surface area contributed by atoms with Crippen molar-refractivity contribution in [2.24, 2.45) is 11.8 Å². The summed E-state index contributed by atoms with van der Waals surface area (Å²) in [4.78, 5) is 37.4. The van der Waals surface area contributed by atoms with Gasteiger partial charge in [-0.2, -0.15) is 0 Å². The van der Waals surface area contributed by atoms with Crippen molar-refractivity contribution in [3.05, 3.63) is 53.6 Å². The van der Waals surface area contributed by atoms with E-state index < -0.39 is 17.8 Å². The number of nitrogens with one attached hydrogen (secondary N) is 1. The first-order chi connectivity index (χ1) is 13.4. The number of fused-ring (bicyclic) bond motifs is 3. The zero-order chi connectivity index (χ0) is 19.8. The van der Waals surface area contributed by atoms with Crippen molar-refractivity contribution in [3.63, 3.8) is 0 Å². The summed E-state index contributed by atoms with van der Waals surface area (Å²) in [5.41, 5.74) is 5.72. The molecule has 2 unspecified atom stereocenters. The first kappa shape index (κ1) is 18.2. The summed E-state index contributed by atoms with van der Waals surface area (Å²) >= 11 is 0. The molecular weight excluding hydrogens is 356 g/mol. The van der Waals surface area contributed by atoms with Crippen molar-refractivity contribution >= 4 is 23.5 Å². The summed E-state index contributed by atoms with van der Waals surface area (Å²) < 4.78 is 0. The lowest BCUT2D eigenvalue weighted by atomic mass is 10.1. The van der Waals surface area contributed by atoms with Crippen LogP contribution in [0.15, 0.2) is 42.5 Å². The average Bonchev–Trinajstić information content (AvgIpc) is 3.25. The number of hydrogen-bond donors (Lipinski definition) is 2. The van der Waals surface area contributed by atoms with Crippen molar-refractivity contribution in [2.75, 3.05) is 18.0 Å². The molecule has 1 saturated heterocycles. The maximum atomic E-state index is 12.5. The molecule has 1 aliphatic carbocycles. The maximum Gasteiger partial charge on any atom is 0.308 e. The normalized spacial score (nSPS) is 18.5. The van der Waals surface area contributed by atoms with Gasteiger partial charge in [-0.15, -0.1) is 0 Å². The highest BCUT2D eigenvalue weighted by molar-refractivity contribution is 6.00. The highest BCUT2D eigenvalue weighted by Gasteiger charge is 2.35. The van der Waals surface area contributed by atoms with Gasteiger partial charge in [0.1, 0.15) is 0 Å². The summed E-state index contributed by atoms with van der Waals surface area (Å²) in [6.07, 6.45) is 0.989. The topological polar surface area (TPSA) is 86.7 Å². The van der Waals surface area contributed by atoms with Gasteiger partial charge in [0.15, 0.2) is 0 Å². The number of carboxylic acid groups (broad SMARTS) is 1. The van der Waals surface area contributed by atoms with E-state index in [0.29, 0.717) is 6.54 Å². The van der Waals surface area contributed by atoms with Crippen LogP contribution in [0.5, 0.6) is 0 Å². The minimum absolute atomic E-state index is 0.0654. The van der Waals surface area contributed by atoms with Crippen LogP contribution in [0.1, 0.15) is 24.5 Å². The van der Waals surface area contributed by atoms with E-state index in [4.69, 9.17) is 5.11 Å². The van der Waals surface area contributed by atoms with Gasteiger partial charge < -0.3 is 15.3 Å². The molecule has 6 nitrogen and oxygen atoms in total. The number of carboxylic acids is 1. The molecule has 2 aromatic carbocycles. The molecule has 2 aromatic rings. The predicted molar refractivity (Wildman–Crippen MR) is 105 cm³/mol. The lowest BCUT2D eigenvalue weighted by molar-refractivity contribution is -0.141. The lowest BCUT2D eigenvalue weighted by Gasteiger charge is -2.18.